The van der Waals surface area contributed by atoms with E-state index in [-0.39, 0.29) is 11.5 Å². The largest absolute Gasteiger partial charge is 0.493 e. The van der Waals surface area contributed by atoms with Crippen molar-refractivity contribution in [1.82, 2.24) is 0 Å². The van der Waals surface area contributed by atoms with Crippen molar-refractivity contribution in [2.24, 2.45) is 11.1 Å². The van der Waals surface area contributed by atoms with E-state index in [9.17, 15) is 0 Å². The third-order valence-electron chi connectivity index (χ3n) is 3.85. The Morgan fingerprint density at radius 2 is 1.89 bits per heavy atom. The molecule has 106 valence electrons. The normalized spacial score (nSPS) is 19.8. The van der Waals surface area contributed by atoms with E-state index in [1.807, 2.05) is 0 Å². The highest BCUT2D eigenvalue weighted by atomic mass is 16.5. The maximum Gasteiger partial charge on any atom is 0.124 e. The number of hydrogen-bond acceptors (Lipinski definition) is 2. The van der Waals surface area contributed by atoms with Crippen LogP contribution in [0, 0.1) is 5.41 Å². The highest BCUT2D eigenvalue weighted by Crippen LogP contribution is 2.39. The van der Waals surface area contributed by atoms with E-state index in [0.717, 1.165) is 25.2 Å². The van der Waals surface area contributed by atoms with Crippen molar-refractivity contribution in [2.75, 3.05) is 6.61 Å². The van der Waals surface area contributed by atoms with Crippen molar-refractivity contribution in [3.8, 4) is 5.75 Å². The molecule has 0 unspecified atom stereocenters. The molecule has 0 amide bonds. The zero-order chi connectivity index (χ0) is 14.3. The van der Waals surface area contributed by atoms with E-state index in [2.05, 4.69) is 52.8 Å². The molecule has 1 heterocycles. The van der Waals surface area contributed by atoms with Gasteiger partial charge in [0, 0.05) is 18.0 Å². The van der Waals surface area contributed by atoms with Crippen molar-refractivity contribution in [2.45, 2.75) is 58.9 Å². The average Bonchev–Trinajstić information content (AvgIpc) is 2.26. The molecule has 2 N–H and O–H groups in total. The van der Waals surface area contributed by atoms with Gasteiger partial charge in [-0.2, -0.15) is 0 Å². The predicted molar refractivity (Wildman–Crippen MR) is 80.6 cm³/mol. The van der Waals surface area contributed by atoms with Crippen molar-refractivity contribution in [3.05, 3.63) is 29.3 Å². The summed E-state index contributed by atoms with van der Waals surface area (Å²) in [5.41, 5.74) is 9.22. The predicted octanol–water partition coefficient (Wildman–Crippen LogP) is 4.18. The van der Waals surface area contributed by atoms with Crippen LogP contribution in [0.1, 0.15) is 64.6 Å². The SMILES string of the molecule is CC(C)(C)CC(C)(C)c1ccc2c(c1)[C@@H](N)CCO2. The summed E-state index contributed by atoms with van der Waals surface area (Å²) in [6.07, 6.45) is 2.06. The van der Waals surface area contributed by atoms with Crippen molar-refractivity contribution in [1.29, 1.82) is 0 Å². The Kier molecular flexibility index (Phi) is 3.65. The monoisotopic (exact) mass is 261 g/mol. The summed E-state index contributed by atoms with van der Waals surface area (Å²) in [5.74, 6) is 0.967. The van der Waals surface area contributed by atoms with E-state index in [0.29, 0.717) is 5.41 Å². The average molecular weight is 261 g/mol. The Morgan fingerprint density at radius 3 is 2.53 bits per heavy atom. The van der Waals surface area contributed by atoms with Crippen LogP contribution in [0.4, 0.5) is 0 Å². The molecule has 2 nitrogen and oxygen atoms in total. The molecular formula is C17H27NO. The molecule has 1 aliphatic rings. The minimum Gasteiger partial charge on any atom is -0.493 e. The second-order valence-electron chi connectivity index (χ2n) is 7.62. The number of fused-ring (bicyclic) bond motifs is 1. The second-order valence-corrected chi connectivity index (χ2v) is 7.62. The van der Waals surface area contributed by atoms with Crippen molar-refractivity contribution < 1.29 is 4.74 Å². The van der Waals surface area contributed by atoms with Crippen LogP contribution in [-0.4, -0.2) is 6.61 Å². The van der Waals surface area contributed by atoms with Crippen molar-refractivity contribution in [3.63, 3.8) is 0 Å². The lowest BCUT2D eigenvalue weighted by Gasteiger charge is -2.34. The van der Waals surface area contributed by atoms with Gasteiger partial charge in [0.1, 0.15) is 5.75 Å². The molecule has 1 atom stereocenters. The molecule has 19 heavy (non-hydrogen) atoms. The lowest BCUT2D eigenvalue weighted by molar-refractivity contribution is 0.266. The minimum atomic E-state index is 0.120. The number of rotatable bonds is 2. The molecule has 0 saturated heterocycles. The first-order valence-electron chi connectivity index (χ1n) is 7.22. The Labute approximate surface area is 117 Å². The molecule has 0 saturated carbocycles. The molecule has 0 aliphatic carbocycles. The lowest BCUT2D eigenvalue weighted by atomic mass is 9.72. The first-order chi connectivity index (χ1) is 8.69. The van der Waals surface area contributed by atoms with Crippen LogP contribution in [0.15, 0.2) is 18.2 Å². The zero-order valence-corrected chi connectivity index (χ0v) is 12.9. The summed E-state index contributed by atoms with van der Waals surface area (Å²) in [4.78, 5) is 0. The topological polar surface area (TPSA) is 35.2 Å². The number of benzene rings is 1. The van der Waals surface area contributed by atoms with E-state index in [4.69, 9.17) is 10.5 Å². The summed E-state index contributed by atoms with van der Waals surface area (Å²) in [6.45, 7) is 12.2. The van der Waals surface area contributed by atoms with Crippen LogP contribution < -0.4 is 10.5 Å². The molecule has 0 aromatic heterocycles. The van der Waals surface area contributed by atoms with E-state index >= 15 is 0 Å². The van der Waals surface area contributed by atoms with E-state index in [1.54, 1.807) is 0 Å². The summed E-state index contributed by atoms with van der Waals surface area (Å²) in [7, 11) is 0. The second kappa shape index (κ2) is 4.82. The fourth-order valence-electron chi connectivity index (χ4n) is 3.27. The molecule has 1 aromatic rings. The van der Waals surface area contributed by atoms with Crippen LogP contribution in [0.25, 0.3) is 0 Å². The van der Waals surface area contributed by atoms with Gasteiger partial charge in [0.05, 0.1) is 6.61 Å². The van der Waals surface area contributed by atoms with Crippen LogP contribution in [0.3, 0.4) is 0 Å². The van der Waals surface area contributed by atoms with Gasteiger partial charge < -0.3 is 10.5 Å². The number of hydrogen-bond donors (Lipinski definition) is 1. The standard InChI is InChI=1S/C17H27NO/c1-16(2,3)11-17(4,5)12-6-7-15-13(10-12)14(18)8-9-19-15/h6-7,10,14H,8-9,11,18H2,1-5H3/t14-/m0/s1. The van der Waals surface area contributed by atoms with E-state index in [1.165, 1.54) is 11.1 Å². The van der Waals surface area contributed by atoms with Crippen LogP contribution in [0.2, 0.25) is 0 Å². The van der Waals surface area contributed by atoms with Gasteiger partial charge in [0.25, 0.3) is 0 Å². The molecule has 0 spiro atoms. The van der Waals surface area contributed by atoms with E-state index < -0.39 is 0 Å². The molecular weight excluding hydrogens is 234 g/mol. The highest BCUT2D eigenvalue weighted by molar-refractivity contribution is 5.42. The summed E-state index contributed by atoms with van der Waals surface area (Å²) in [5, 5.41) is 0. The van der Waals surface area contributed by atoms with Crippen LogP contribution in [-0.2, 0) is 5.41 Å². The number of nitrogens with two attached hydrogens (primary N) is 1. The zero-order valence-electron chi connectivity index (χ0n) is 12.9. The fraction of sp³-hybridized carbons (Fsp3) is 0.647. The quantitative estimate of drug-likeness (QED) is 0.866. The maximum absolute atomic E-state index is 6.21. The highest BCUT2D eigenvalue weighted by Gasteiger charge is 2.29. The molecule has 0 fully saturated rings. The Hall–Kier alpha value is -1.02. The van der Waals surface area contributed by atoms with Crippen LogP contribution >= 0.6 is 0 Å². The van der Waals surface area contributed by atoms with Gasteiger partial charge in [-0.15, -0.1) is 0 Å². The van der Waals surface area contributed by atoms with Crippen molar-refractivity contribution >= 4 is 0 Å². The molecule has 1 aliphatic heterocycles. The third kappa shape index (κ3) is 3.30. The van der Waals surface area contributed by atoms with Crippen LogP contribution in [0.5, 0.6) is 5.75 Å². The molecule has 2 heteroatoms. The Morgan fingerprint density at radius 1 is 1.21 bits per heavy atom. The van der Waals surface area contributed by atoms with Gasteiger partial charge in [-0.25, -0.2) is 0 Å². The maximum atomic E-state index is 6.21. The smallest absolute Gasteiger partial charge is 0.124 e. The number of ether oxygens (including phenoxy) is 1. The van der Waals surface area contributed by atoms with Gasteiger partial charge in [0.15, 0.2) is 0 Å². The first kappa shape index (κ1) is 14.4. The molecule has 0 bridgehead atoms. The Bertz CT molecular complexity index is 457. The van der Waals surface area contributed by atoms with Gasteiger partial charge in [-0.1, -0.05) is 40.7 Å². The molecule has 0 radical (unpaired) electrons. The lowest BCUT2D eigenvalue weighted by Crippen LogP contribution is -2.26. The molecule has 2 rings (SSSR count). The van der Waals surface area contributed by atoms with Gasteiger partial charge in [-0.05, 0) is 34.9 Å². The summed E-state index contributed by atoms with van der Waals surface area (Å²) in [6, 6.07) is 6.66. The summed E-state index contributed by atoms with van der Waals surface area (Å²) < 4.78 is 5.68. The first-order valence-corrected chi connectivity index (χ1v) is 7.22. The van der Waals surface area contributed by atoms with Gasteiger partial charge in [0.2, 0.25) is 0 Å². The van der Waals surface area contributed by atoms with Gasteiger partial charge >= 0.3 is 0 Å². The molecule has 1 aromatic carbocycles. The third-order valence-corrected chi connectivity index (χ3v) is 3.85. The van der Waals surface area contributed by atoms with Gasteiger partial charge in [-0.3, -0.25) is 0 Å². The Balaban J connectivity index is 2.33. The minimum absolute atomic E-state index is 0.120. The summed E-state index contributed by atoms with van der Waals surface area (Å²) >= 11 is 0. The fourth-order valence-corrected chi connectivity index (χ4v) is 3.27.